The van der Waals surface area contributed by atoms with Crippen LogP contribution in [0.3, 0.4) is 0 Å². The first-order valence-corrected chi connectivity index (χ1v) is 10.5. The smallest absolute Gasteiger partial charge is 0.245 e. The molecule has 0 unspecified atom stereocenters. The third kappa shape index (κ3) is 3.44. The van der Waals surface area contributed by atoms with Gasteiger partial charge in [0.1, 0.15) is 6.04 Å². The van der Waals surface area contributed by atoms with Gasteiger partial charge in [-0.15, -0.1) is 0 Å². The first-order valence-electron chi connectivity index (χ1n) is 10.5. The molecule has 2 saturated heterocycles. The second-order valence-corrected chi connectivity index (χ2v) is 8.32. The van der Waals surface area contributed by atoms with E-state index in [9.17, 15) is 9.59 Å². The molecule has 4 aliphatic rings. The molecule has 0 N–H and O–H groups in total. The molecular weight excluding hydrogens is 316 g/mol. The summed E-state index contributed by atoms with van der Waals surface area (Å²) >= 11 is 0. The summed E-state index contributed by atoms with van der Waals surface area (Å²) in [6.07, 6.45) is 12.1. The van der Waals surface area contributed by atoms with Gasteiger partial charge in [-0.1, -0.05) is 32.1 Å². The lowest BCUT2D eigenvalue weighted by atomic mass is 9.88. The van der Waals surface area contributed by atoms with Gasteiger partial charge in [0.15, 0.2) is 0 Å². The van der Waals surface area contributed by atoms with E-state index in [1.165, 1.54) is 19.3 Å². The van der Waals surface area contributed by atoms with Crippen molar-refractivity contribution in [2.45, 2.75) is 88.8 Å². The number of amides is 2. The maximum Gasteiger partial charge on any atom is 0.245 e. The highest BCUT2D eigenvalue weighted by Gasteiger charge is 2.43. The molecule has 2 aliphatic heterocycles. The van der Waals surface area contributed by atoms with E-state index < -0.39 is 0 Å². The van der Waals surface area contributed by atoms with E-state index >= 15 is 0 Å². The van der Waals surface area contributed by atoms with Gasteiger partial charge in [-0.25, -0.2) is 0 Å². The topological polar surface area (TPSA) is 49.9 Å². The molecule has 0 radical (unpaired) electrons. The number of hydrogen-bond donors (Lipinski definition) is 0. The molecule has 2 heterocycles. The second-order valence-electron chi connectivity index (χ2n) is 8.32. The van der Waals surface area contributed by atoms with Gasteiger partial charge in [-0.2, -0.15) is 0 Å². The number of carbonyl (C=O) groups is 2. The lowest BCUT2D eigenvalue weighted by Crippen LogP contribution is -2.59. The molecule has 2 aliphatic carbocycles. The van der Waals surface area contributed by atoms with Crippen molar-refractivity contribution >= 4 is 11.8 Å². The zero-order valence-electron chi connectivity index (χ0n) is 15.3. The van der Waals surface area contributed by atoms with Gasteiger partial charge in [-0.05, 0) is 38.5 Å². The molecular formula is C20H32N2O3. The lowest BCUT2D eigenvalue weighted by Gasteiger charge is -2.45. The van der Waals surface area contributed by atoms with E-state index in [1.807, 2.05) is 4.90 Å². The third-order valence-electron chi connectivity index (χ3n) is 6.79. The van der Waals surface area contributed by atoms with Crippen molar-refractivity contribution < 1.29 is 14.3 Å². The number of ether oxygens (including phenoxy) is 1. The van der Waals surface area contributed by atoms with Crippen LogP contribution < -0.4 is 0 Å². The Morgan fingerprint density at radius 3 is 2.32 bits per heavy atom. The van der Waals surface area contributed by atoms with Crippen LogP contribution in [0.15, 0.2) is 0 Å². The Kier molecular flexibility index (Phi) is 5.30. The molecule has 3 atom stereocenters. The molecule has 0 aromatic carbocycles. The molecule has 25 heavy (non-hydrogen) atoms. The summed E-state index contributed by atoms with van der Waals surface area (Å²) in [4.78, 5) is 30.4. The minimum absolute atomic E-state index is 0.161. The Labute approximate surface area is 151 Å². The zero-order valence-corrected chi connectivity index (χ0v) is 15.3. The predicted octanol–water partition coefficient (Wildman–Crippen LogP) is 2.73. The highest BCUT2D eigenvalue weighted by atomic mass is 16.5. The predicted molar refractivity (Wildman–Crippen MR) is 95.0 cm³/mol. The van der Waals surface area contributed by atoms with E-state index in [-0.39, 0.29) is 35.9 Å². The standard InChI is InChI=1S/C20H32N2O3/c23-19(15-7-2-1-3-8-15)21-12-6-10-17(21)20(24)22-13-14-25-18-11-5-4-9-16(18)22/h15-18H,1-14H2/t16-,17+,18-/m0/s1. The van der Waals surface area contributed by atoms with Gasteiger partial charge >= 0.3 is 0 Å². The average molecular weight is 348 g/mol. The summed E-state index contributed by atoms with van der Waals surface area (Å²) in [5.74, 6) is 0.611. The van der Waals surface area contributed by atoms with Crippen LogP contribution >= 0.6 is 0 Å². The van der Waals surface area contributed by atoms with Crippen molar-refractivity contribution in [1.82, 2.24) is 9.80 Å². The fourth-order valence-electron chi connectivity index (χ4n) is 5.43. The van der Waals surface area contributed by atoms with Gasteiger partial charge in [-0.3, -0.25) is 9.59 Å². The molecule has 2 saturated carbocycles. The van der Waals surface area contributed by atoms with E-state index in [2.05, 4.69) is 4.90 Å². The molecule has 0 spiro atoms. The molecule has 2 amide bonds. The Balaban J connectivity index is 1.45. The number of hydrogen-bond acceptors (Lipinski definition) is 3. The van der Waals surface area contributed by atoms with Crippen LogP contribution in [0.5, 0.6) is 0 Å². The van der Waals surface area contributed by atoms with Crippen molar-refractivity contribution in [2.75, 3.05) is 19.7 Å². The second kappa shape index (κ2) is 7.65. The lowest BCUT2D eigenvalue weighted by molar-refractivity contribution is -0.158. The average Bonchev–Trinajstić information content (AvgIpc) is 3.17. The fourth-order valence-corrected chi connectivity index (χ4v) is 5.43. The van der Waals surface area contributed by atoms with Crippen molar-refractivity contribution in [3.05, 3.63) is 0 Å². The largest absolute Gasteiger partial charge is 0.374 e. The van der Waals surface area contributed by atoms with E-state index in [1.54, 1.807) is 0 Å². The van der Waals surface area contributed by atoms with E-state index in [0.717, 1.165) is 57.9 Å². The summed E-state index contributed by atoms with van der Waals surface area (Å²) in [5.41, 5.74) is 0. The number of likely N-dealkylation sites (tertiary alicyclic amines) is 1. The van der Waals surface area contributed by atoms with Gasteiger partial charge < -0.3 is 14.5 Å². The van der Waals surface area contributed by atoms with Crippen LogP contribution in [0.4, 0.5) is 0 Å². The zero-order chi connectivity index (χ0) is 17.2. The third-order valence-corrected chi connectivity index (χ3v) is 6.79. The van der Waals surface area contributed by atoms with Gasteiger partial charge in [0, 0.05) is 19.0 Å². The van der Waals surface area contributed by atoms with Gasteiger partial charge in [0.25, 0.3) is 0 Å². The quantitative estimate of drug-likeness (QED) is 0.771. The molecule has 4 rings (SSSR count). The number of rotatable bonds is 2. The monoisotopic (exact) mass is 348 g/mol. The number of nitrogens with zero attached hydrogens (tertiary/aromatic N) is 2. The van der Waals surface area contributed by atoms with Crippen molar-refractivity contribution in [1.29, 1.82) is 0 Å². The van der Waals surface area contributed by atoms with Crippen molar-refractivity contribution in [3.63, 3.8) is 0 Å². The van der Waals surface area contributed by atoms with Gasteiger partial charge in [0.2, 0.25) is 11.8 Å². The van der Waals surface area contributed by atoms with Gasteiger partial charge in [0.05, 0.1) is 18.8 Å². The van der Waals surface area contributed by atoms with Crippen LogP contribution in [0.2, 0.25) is 0 Å². The highest BCUT2D eigenvalue weighted by Crippen LogP contribution is 2.32. The number of carbonyl (C=O) groups excluding carboxylic acids is 2. The minimum atomic E-state index is -0.213. The van der Waals surface area contributed by atoms with Crippen LogP contribution in [0.1, 0.15) is 70.6 Å². The summed E-state index contributed by atoms with van der Waals surface area (Å²) in [6.45, 7) is 2.11. The summed E-state index contributed by atoms with van der Waals surface area (Å²) in [6, 6.07) is 0.0253. The molecule has 0 aromatic heterocycles. The maximum absolute atomic E-state index is 13.3. The van der Waals surface area contributed by atoms with Crippen LogP contribution in [0.25, 0.3) is 0 Å². The molecule has 5 heteroatoms. The van der Waals surface area contributed by atoms with Crippen LogP contribution in [0, 0.1) is 5.92 Å². The first kappa shape index (κ1) is 17.3. The highest BCUT2D eigenvalue weighted by molar-refractivity contribution is 5.89. The first-order chi connectivity index (χ1) is 12.3. The molecule has 0 bridgehead atoms. The summed E-state index contributed by atoms with van der Waals surface area (Å²) in [5, 5.41) is 0. The Hall–Kier alpha value is -1.10. The summed E-state index contributed by atoms with van der Waals surface area (Å²) < 4.78 is 5.92. The van der Waals surface area contributed by atoms with Crippen molar-refractivity contribution in [3.8, 4) is 0 Å². The summed E-state index contributed by atoms with van der Waals surface area (Å²) in [7, 11) is 0. The fraction of sp³-hybridized carbons (Fsp3) is 0.900. The van der Waals surface area contributed by atoms with Crippen LogP contribution in [-0.4, -0.2) is 59.5 Å². The normalized spacial score (nSPS) is 34.0. The molecule has 140 valence electrons. The molecule has 4 fully saturated rings. The maximum atomic E-state index is 13.3. The van der Waals surface area contributed by atoms with E-state index in [4.69, 9.17) is 4.74 Å². The SMILES string of the molecule is O=C(C1CCCCC1)N1CCC[C@@H]1C(=O)N1CCO[C@H]2CCCC[C@@H]21. The molecule has 0 aromatic rings. The van der Waals surface area contributed by atoms with Crippen LogP contribution in [-0.2, 0) is 14.3 Å². The Morgan fingerprint density at radius 2 is 1.48 bits per heavy atom. The minimum Gasteiger partial charge on any atom is -0.374 e. The van der Waals surface area contributed by atoms with E-state index in [0.29, 0.717) is 13.2 Å². The Morgan fingerprint density at radius 1 is 0.720 bits per heavy atom. The Bertz CT molecular complexity index is 501. The number of fused-ring (bicyclic) bond motifs is 1. The molecule has 5 nitrogen and oxygen atoms in total. The number of morpholine rings is 1. The van der Waals surface area contributed by atoms with Crippen molar-refractivity contribution in [2.24, 2.45) is 5.92 Å².